The van der Waals surface area contributed by atoms with E-state index >= 15 is 0 Å². The molecule has 0 aromatic rings. The first-order chi connectivity index (χ1) is 7.37. The molecule has 1 N–H and O–H groups in total. The highest BCUT2D eigenvalue weighted by atomic mass is 15.3. The molecule has 0 saturated carbocycles. The van der Waals surface area contributed by atoms with Crippen molar-refractivity contribution in [2.45, 2.75) is 44.1 Å². The first kappa shape index (κ1) is 10.9. The van der Waals surface area contributed by atoms with Gasteiger partial charge in [-0.1, -0.05) is 0 Å². The summed E-state index contributed by atoms with van der Waals surface area (Å²) in [6.07, 6.45) is 7.04. The van der Waals surface area contributed by atoms with Crippen LogP contribution in [0, 0.1) is 11.3 Å². The summed E-state index contributed by atoms with van der Waals surface area (Å²) in [5.41, 5.74) is 0.493. The first-order valence-corrected chi connectivity index (χ1v) is 6.20. The second-order valence-electron chi connectivity index (χ2n) is 4.86. The van der Waals surface area contributed by atoms with Crippen molar-refractivity contribution in [3.05, 3.63) is 0 Å². The van der Waals surface area contributed by atoms with Gasteiger partial charge in [0.05, 0.1) is 6.07 Å². The van der Waals surface area contributed by atoms with E-state index in [-0.39, 0.29) is 0 Å². The number of rotatable bonds is 4. The Morgan fingerprint density at radius 3 is 3.00 bits per heavy atom. The minimum Gasteiger partial charge on any atom is -0.315 e. The van der Waals surface area contributed by atoms with Crippen LogP contribution in [0.1, 0.15) is 38.5 Å². The fourth-order valence-electron chi connectivity index (χ4n) is 3.06. The van der Waals surface area contributed by atoms with Crippen molar-refractivity contribution in [1.29, 1.82) is 5.26 Å². The standard InChI is InChI=1S/C12H21N3/c13-7-2-1-3-9-15-10-4-5-12(15)6-8-14-11-12/h14H,1-6,8-11H2. The van der Waals surface area contributed by atoms with Crippen LogP contribution in [0.4, 0.5) is 0 Å². The molecule has 3 heteroatoms. The van der Waals surface area contributed by atoms with Gasteiger partial charge in [0.25, 0.3) is 0 Å². The molecule has 3 nitrogen and oxygen atoms in total. The molecule has 2 rings (SSSR count). The fraction of sp³-hybridized carbons (Fsp3) is 0.917. The van der Waals surface area contributed by atoms with E-state index in [2.05, 4.69) is 16.3 Å². The molecule has 0 aromatic heterocycles. The van der Waals surface area contributed by atoms with Crippen molar-refractivity contribution in [3.8, 4) is 6.07 Å². The maximum Gasteiger partial charge on any atom is 0.0621 e. The third-order valence-electron chi connectivity index (χ3n) is 3.93. The molecule has 0 aromatic carbocycles. The smallest absolute Gasteiger partial charge is 0.0621 e. The Labute approximate surface area is 92.4 Å². The maximum absolute atomic E-state index is 8.49. The Morgan fingerprint density at radius 1 is 1.33 bits per heavy atom. The zero-order valence-electron chi connectivity index (χ0n) is 9.47. The summed E-state index contributed by atoms with van der Waals surface area (Å²) in [4.78, 5) is 2.67. The van der Waals surface area contributed by atoms with E-state index in [1.165, 1.54) is 51.9 Å². The first-order valence-electron chi connectivity index (χ1n) is 6.20. The zero-order valence-corrected chi connectivity index (χ0v) is 9.47. The lowest BCUT2D eigenvalue weighted by molar-refractivity contribution is 0.154. The predicted octanol–water partition coefficient (Wildman–Crippen LogP) is 1.51. The summed E-state index contributed by atoms with van der Waals surface area (Å²) in [5, 5.41) is 12.0. The molecule has 0 amide bonds. The molecule has 1 spiro atoms. The van der Waals surface area contributed by atoms with Crippen molar-refractivity contribution in [2.75, 3.05) is 26.2 Å². The normalized spacial score (nSPS) is 31.1. The molecular weight excluding hydrogens is 186 g/mol. The molecule has 84 valence electrons. The number of hydrogen-bond donors (Lipinski definition) is 1. The predicted molar refractivity (Wildman–Crippen MR) is 60.5 cm³/mol. The van der Waals surface area contributed by atoms with Crippen molar-refractivity contribution in [2.24, 2.45) is 0 Å². The minimum absolute atomic E-state index is 0.493. The summed E-state index contributed by atoms with van der Waals surface area (Å²) in [6.45, 7) is 4.84. The van der Waals surface area contributed by atoms with E-state index < -0.39 is 0 Å². The number of nitrogens with zero attached hydrogens (tertiary/aromatic N) is 2. The average Bonchev–Trinajstić information content (AvgIpc) is 2.86. The van der Waals surface area contributed by atoms with Crippen LogP contribution < -0.4 is 5.32 Å². The van der Waals surface area contributed by atoms with Crippen LogP contribution in [0.5, 0.6) is 0 Å². The van der Waals surface area contributed by atoms with Crippen LogP contribution in [0.15, 0.2) is 0 Å². The number of nitrogens with one attached hydrogen (secondary N) is 1. The highest BCUT2D eigenvalue weighted by Gasteiger charge is 2.42. The molecule has 2 aliphatic rings. The molecule has 1 unspecified atom stereocenters. The monoisotopic (exact) mass is 207 g/mol. The van der Waals surface area contributed by atoms with Crippen molar-refractivity contribution < 1.29 is 0 Å². The SMILES string of the molecule is N#CCCCCN1CCCC12CCNC2. The highest BCUT2D eigenvalue weighted by Crippen LogP contribution is 2.34. The van der Waals surface area contributed by atoms with Gasteiger partial charge >= 0.3 is 0 Å². The second-order valence-corrected chi connectivity index (χ2v) is 4.86. The lowest BCUT2D eigenvalue weighted by Crippen LogP contribution is -2.45. The van der Waals surface area contributed by atoms with Gasteiger partial charge in [-0.15, -0.1) is 0 Å². The topological polar surface area (TPSA) is 39.1 Å². The summed E-state index contributed by atoms with van der Waals surface area (Å²) >= 11 is 0. The van der Waals surface area contributed by atoms with Gasteiger partial charge in [-0.3, -0.25) is 4.90 Å². The molecule has 0 aliphatic carbocycles. The molecule has 0 radical (unpaired) electrons. The number of unbranched alkanes of at least 4 members (excludes halogenated alkanes) is 2. The quantitative estimate of drug-likeness (QED) is 0.710. The van der Waals surface area contributed by atoms with E-state index in [9.17, 15) is 0 Å². The average molecular weight is 207 g/mol. The summed E-state index contributed by atoms with van der Waals surface area (Å²) in [5.74, 6) is 0. The van der Waals surface area contributed by atoms with Gasteiger partial charge in [0, 0.05) is 18.5 Å². The highest BCUT2D eigenvalue weighted by molar-refractivity contribution is 5.01. The van der Waals surface area contributed by atoms with E-state index in [0.29, 0.717) is 5.54 Å². The van der Waals surface area contributed by atoms with Crippen LogP contribution in [-0.2, 0) is 0 Å². The second kappa shape index (κ2) is 4.96. The lowest BCUT2D eigenvalue weighted by Gasteiger charge is -2.34. The zero-order chi connectivity index (χ0) is 10.6. The molecule has 15 heavy (non-hydrogen) atoms. The van der Waals surface area contributed by atoms with Gasteiger partial charge in [0.2, 0.25) is 0 Å². The van der Waals surface area contributed by atoms with Gasteiger partial charge in [-0.05, 0) is 51.7 Å². The van der Waals surface area contributed by atoms with Crippen molar-refractivity contribution >= 4 is 0 Å². The molecular formula is C12H21N3. The number of likely N-dealkylation sites (tertiary alicyclic amines) is 1. The Balaban J connectivity index is 1.78. The van der Waals surface area contributed by atoms with Crippen molar-refractivity contribution in [3.63, 3.8) is 0 Å². The van der Waals surface area contributed by atoms with E-state index in [0.717, 1.165) is 12.8 Å². The number of hydrogen-bond acceptors (Lipinski definition) is 3. The largest absolute Gasteiger partial charge is 0.315 e. The third-order valence-corrected chi connectivity index (χ3v) is 3.93. The van der Waals surface area contributed by atoms with Crippen LogP contribution in [0.25, 0.3) is 0 Å². The van der Waals surface area contributed by atoms with Gasteiger partial charge < -0.3 is 5.32 Å². The van der Waals surface area contributed by atoms with E-state index in [1.54, 1.807) is 0 Å². The number of nitriles is 1. The summed E-state index contributed by atoms with van der Waals surface area (Å²) < 4.78 is 0. The molecule has 2 heterocycles. The third kappa shape index (κ3) is 2.32. The molecule has 0 bridgehead atoms. The maximum atomic E-state index is 8.49. The minimum atomic E-state index is 0.493. The Morgan fingerprint density at radius 2 is 2.27 bits per heavy atom. The van der Waals surface area contributed by atoms with Crippen LogP contribution in [0.3, 0.4) is 0 Å². The summed E-state index contributed by atoms with van der Waals surface area (Å²) in [7, 11) is 0. The van der Waals surface area contributed by atoms with Gasteiger partial charge in [0.1, 0.15) is 0 Å². The lowest BCUT2D eigenvalue weighted by atomic mass is 9.95. The summed E-state index contributed by atoms with van der Waals surface area (Å²) in [6, 6.07) is 2.22. The molecule has 2 saturated heterocycles. The van der Waals surface area contributed by atoms with Crippen molar-refractivity contribution in [1.82, 2.24) is 10.2 Å². The molecule has 2 fully saturated rings. The van der Waals surface area contributed by atoms with Crippen LogP contribution in [-0.4, -0.2) is 36.6 Å². The van der Waals surface area contributed by atoms with Crippen LogP contribution >= 0.6 is 0 Å². The molecule has 1 atom stereocenters. The van der Waals surface area contributed by atoms with Gasteiger partial charge in [-0.2, -0.15) is 5.26 Å². The van der Waals surface area contributed by atoms with E-state index in [4.69, 9.17) is 5.26 Å². The van der Waals surface area contributed by atoms with Crippen LogP contribution in [0.2, 0.25) is 0 Å². The molecule has 2 aliphatic heterocycles. The van der Waals surface area contributed by atoms with E-state index in [1.807, 2.05) is 0 Å². The Bertz CT molecular complexity index is 232. The van der Waals surface area contributed by atoms with Gasteiger partial charge in [0.15, 0.2) is 0 Å². The van der Waals surface area contributed by atoms with Gasteiger partial charge in [-0.25, -0.2) is 0 Å². The fourth-order valence-corrected chi connectivity index (χ4v) is 3.06. The Kier molecular flexibility index (Phi) is 3.61. The Hall–Kier alpha value is -0.590.